The number of halogens is 3. The van der Waals surface area contributed by atoms with E-state index in [1.54, 1.807) is 0 Å². The van der Waals surface area contributed by atoms with Gasteiger partial charge in [-0.3, -0.25) is 0 Å². The summed E-state index contributed by atoms with van der Waals surface area (Å²) in [6, 6.07) is 3.67. The fourth-order valence-electron chi connectivity index (χ4n) is 1.09. The van der Waals surface area contributed by atoms with Gasteiger partial charge in [-0.25, -0.2) is 13.2 Å². The minimum Gasteiger partial charge on any atom is -0.858 e. The van der Waals surface area contributed by atoms with E-state index in [0.29, 0.717) is 5.75 Å². The van der Waals surface area contributed by atoms with Crippen LogP contribution in [0.3, 0.4) is 0 Å². The van der Waals surface area contributed by atoms with E-state index in [-0.39, 0.29) is 0 Å². The normalized spacial score (nSPS) is 12.7. The first-order chi connectivity index (χ1) is 9.58. The molecule has 1 aromatic rings. The number of hydrogen-bond donors (Lipinski definition) is 0. The Labute approximate surface area is 162 Å². The molecule has 0 aliphatic carbocycles. The fraction of sp³-hybridized carbons (Fsp3) is 0.0909. The van der Waals surface area contributed by atoms with Crippen molar-refractivity contribution in [1.82, 2.24) is 0 Å². The lowest BCUT2D eigenvalue weighted by Crippen LogP contribution is -2.17. The summed E-state index contributed by atoms with van der Waals surface area (Å²) in [4.78, 5) is 11.6. The Hall–Kier alpha value is 0.0400. The Morgan fingerprint density at radius 2 is 1.76 bits per heavy atom. The molecule has 0 radical (unpaired) electrons. The zero-order chi connectivity index (χ0) is 16.2. The molecule has 0 spiro atoms. The molecule has 0 heterocycles. The van der Waals surface area contributed by atoms with Crippen molar-refractivity contribution in [3.8, 4) is 5.75 Å². The average molecular weight is 646 g/mol. The van der Waals surface area contributed by atoms with Gasteiger partial charge in [-0.2, -0.15) is 4.40 Å². The largest absolute Gasteiger partial charge is 0.858 e. The highest BCUT2D eigenvalue weighted by molar-refractivity contribution is 14.1. The molecule has 0 unspecified atom stereocenters. The number of carbonyl (C=O) groups is 1. The highest BCUT2D eigenvalue weighted by Crippen LogP contribution is 2.29. The molecule has 6 nitrogen and oxygen atoms in total. The molecule has 10 heteroatoms. The fourth-order valence-corrected chi connectivity index (χ4v) is 5.28. The minimum atomic E-state index is -3.78. The summed E-state index contributed by atoms with van der Waals surface area (Å²) >= 11 is 6.20. The lowest BCUT2D eigenvalue weighted by molar-refractivity contribution is -0.211. The zero-order valence-corrected chi connectivity index (χ0v) is 17.6. The van der Waals surface area contributed by atoms with E-state index < -0.39 is 21.9 Å². The molecule has 21 heavy (non-hydrogen) atoms. The molecule has 1 aromatic carbocycles. The van der Waals surface area contributed by atoms with Gasteiger partial charge in [-0.05, 0) is 86.0 Å². The third-order valence-corrected chi connectivity index (χ3v) is 4.52. The van der Waals surface area contributed by atoms with E-state index in [2.05, 4.69) is 27.0 Å². The third kappa shape index (κ3) is 7.23. The van der Waals surface area contributed by atoms with Crippen LogP contribution in [-0.2, 0) is 14.8 Å². The van der Waals surface area contributed by atoms with Crippen LogP contribution in [0.4, 0.5) is 0 Å². The Bertz CT molecular complexity index is 704. The molecular weight excluding hydrogens is 639 g/mol. The second kappa shape index (κ2) is 8.05. The molecule has 114 valence electrons. The maximum absolute atomic E-state index is 11.6. The van der Waals surface area contributed by atoms with Gasteiger partial charge in [0.1, 0.15) is 0 Å². The van der Waals surface area contributed by atoms with Gasteiger partial charge in [0, 0.05) is 15.5 Å². The Kier molecular flexibility index (Phi) is 7.32. The Balaban J connectivity index is 2.87. The summed E-state index contributed by atoms with van der Waals surface area (Å²) < 4.78 is 32.0. The predicted molar refractivity (Wildman–Crippen MR) is 102 cm³/mol. The first-order valence-electron chi connectivity index (χ1n) is 5.10. The van der Waals surface area contributed by atoms with Crippen molar-refractivity contribution < 1.29 is 23.1 Å². The number of nitrogens with zero attached hydrogens (tertiary/aromatic N) is 1. The summed E-state index contributed by atoms with van der Waals surface area (Å²) in [6.45, 7) is 0. The van der Waals surface area contributed by atoms with Crippen molar-refractivity contribution in [3.63, 3.8) is 0 Å². The quantitative estimate of drug-likeness (QED) is 0.124. The van der Waals surface area contributed by atoms with Crippen molar-refractivity contribution in [3.05, 3.63) is 35.0 Å². The van der Waals surface area contributed by atoms with Gasteiger partial charge in [0.2, 0.25) is 10.0 Å². The van der Waals surface area contributed by atoms with Gasteiger partial charge in [-0.15, -0.1) is 0 Å². The molecule has 0 saturated carbocycles. The van der Waals surface area contributed by atoms with E-state index in [0.717, 1.165) is 29.1 Å². The first kappa shape index (κ1) is 19.1. The monoisotopic (exact) mass is 646 g/mol. The number of hydrogen-bond acceptors (Lipinski definition) is 5. The topological polar surface area (TPSA) is 95.9 Å². The van der Waals surface area contributed by atoms with Crippen LogP contribution in [0, 0.1) is 10.7 Å². The molecule has 1 rings (SSSR count). The summed E-state index contributed by atoms with van der Waals surface area (Å²) in [6.07, 6.45) is 2.37. The standard InChI is InChI=1S/C11H8I3NO5S/c1-21(18,19)15-9(16)2-3-10(17)20-11-7(13)4-6(12)5-8(11)14/h2-5H,1H3,(H,15,16)/p-1/b3-2-. The number of benzene rings is 1. The van der Waals surface area contributed by atoms with E-state index in [4.69, 9.17) is 4.74 Å². The van der Waals surface area contributed by atoms with Gasteiger partial charge in [0.25, 0.3) is 0 Å². The van der Waals surface area contributed by atoms with Crippen molar-refractivity contribution in [2.75, 3.05) is 6.26 Å². The van der Waals surface area contributed by atoms with Crippen molar-refractivity contribution in [1.29, 1.82) is 0 Å². The van der Waals surface area contributed by atoms with E-state index in [1.807, 2.05) is 57.3 Å². The van der Waals surface area contributed by atoms with Gasteiger partial charge >= 0.3 is 5.97 Å². The molecular formula is C11H7I3NO5S-. The Morgan fingerprint density at radius 1 is 1.24 bits per heavy atom. The van der Waals surface area contributed by atoms with E-state index in [9.17, 15) is 18.3 Å². The summed E-state index contributed by atoms with van der Waals surface area (Å²) in [5.74, 6) is -1.44. The van der Waals surface area contributed by atoms with Gasteiger partial charge in [-0.1, -0.05) is 0 Å². The average Bonchev–Trinajstić information content (AvgIpc) is 2.29. The number of rotatable bonds is 4. The lowest BCUT2D eigenvalue weighted by Gasteiger charge is -2.08. The minimum absolute atomic E-state index is 0.388. The molecule has 0 aliphatic rings. The summed E-state index contributed by atoms with van der Waals surface area (Å²) in [5, 5.41) is 11.1. The van der Waals surface area contributed by atoms with Crippen LogP contribution in [-0.4, -0.2) is 26.5 Å². The Morgan fingerprint density at radius 3 is 2.24 bits per heavy atom. The molecule has 0 atom stereocenters. The van der Waals surface area contributed by atoms with Crippen LogP contribution >= 0.6 is 67.8 Å². The smallest absolute Gasteiger partial charge is 0.336 e. The molecule has 0 aliphatic heterocycles. The maximum atomic E-state index is 11.6. The van der Waals surface area contributed by atoms with E-state index >= 15 is 0 Å². The molecule has 0 N–H and O–H groups in total. The first-order valence-corrected chi connectivity index (χ1v) is 10.2. The summed E-state index contributed by atoms with van der Waals surface area (Å²) in [7, 11) is -3.78. The van der Waals surface area contributed by atoms with Crippen LogP contribution in [0.2, 0.25) is 0 Å². The van der Waals surface area contributed by atoms with Crippen molar-refractivity contribution >= 4 is 89.7 Å². The lowest BCUT2D eigenvalue weighted by atomic mass is 10.3. The van der Waals surface area contributed by atoms with Gasteiger partial charge in [0.05, 0.1) is 13.4 Å². The van der Waals surface area contributed by atoms with Gasteiger partial charge in [0.15, 0.2) is 5.75 Å². The number of esters is 1. The second-order valence-electron chi connectivity index (χ2n) is 3.62. The molecule has 0 aromatic heterocycles. The number of ether oxygens (including phenoxy) is 1. The molecule has 0 fully saturated rings. The van der Waals surface area contributed by atoms with Crippen LogP contribution in [0.5, 0.6) is 5.75 Å². The molecule has 0 bridgehead atoms. The number of sulfonamides is 1. The van der Waals surface area contributed by atoms with Crippen molar-refractivity contribution in [2.24, 2.45) is 4.40 Å². The molecule has 0 amide bonds. The molecule has 0 saturated heterocycles. The van der Waals surface area contributed by atoms with Gasteiger partial charge < -0.3 is 9.84 Å². The second-order valence-corrected chi connectivity index (χ2v) is 8.83. The highest BCUT2D eigenvalue weighted by atomic mass is 127. The summed E-state index contributed by atoms with van der Waals surface area (Å²) in [5.41, 5.74) is 0. The zero-order valence-electron chi connectivity index (χ0n) is 10.3. The van der Waals surface area contributed by atoms with E-state index in [1.165, 1.54) is 0 Å². The maximum Gasteiger partial charge on any atom is 0.336 e. The van der Waals surface area contributed by atoms with Crippen LogP contribution in [0.1, 0.15) is 0 Å². The SMILES string of the molecule is CS(=O)(=O)/N=C([O-])\C=C/C(=O)Oc1c(I)cc(I)cc1I. The predicted octanol–water partition coefficient (Wildman–Crippen LogP) is 1.68. The van der Waals surface area contributed by atoms with Crippen LogP contribution in [0.15, 0.2) is 28.7 Å². The van der Waals surface area contributed by atoms with Crippen LogP contribution in [0.25, 0.3) is 0 Å². The number of carbonyl (C=O) groups excluding carboxylic acids is 1. The van der Waals surface area contributed by atoms with Crippen LogP contribution < -0.4 is 9.84 Å². The highest BCUT2D eigenvalue weighted by Gasteiger charge is 2.11. The third-order valence-electron chi connectivity index (χ3n) is 1.78. The van der Waals surface area contributed by atoms with Crippen molar-refractivity contribution in [2.45, 2.75) is 0 Å².